The van der Waals surface area contributed by atoms with E-state index in [1.165, 1.54) is 6.92 Å². The van der Waals surface area contributed by atoms with Crippen LogP contribution in [0.25, 0.3) is 0 Å². The summed E-state index contributed by atoms with van der Waals surface area (Å²) in [5.41, 5.74) is 2.41. The van der Waals surface area contributed by atoms with Gasteiger partial charge in [0.05, 0.1) is 12.7 Å². The maximum atomic E-state index is 13.3. The molecule has 33 heavy (non-hydrogen) atoms. The van der Waals surface area contributed by atoms with E-state index in [0.717, 1.165) is 11.1 Å². The Labute approximate surface area is 191 Å². The van der Waals surface area contributed by atoms with Gasteiger partial charge in [-0.25, -0.2) is 4.39 Å². The topological polar surface area (TPSA) is 100 Å². The molecule has 176 valence electrons. The van der Waals surface area contributed by atoms with E-state index in [2.05, 4.69) is 20.9 Å². The van der Waals surface area contributed by atoms with Crippen molar-refractivity contribution < 1.29 is 23.2 Å². The molecular formula is C24H28F2N4O3. The largest absolute Gasteiger partial charge is 0.345 e. The molecule has 0 bridgehead atoms. The molecule has 1 aliphatic heterocycles. The third-order valence-electron chi connectivity index (χ3n) is 5.61. The average molecular weight is 459 g/mol. The number of halogens is 2. The highest BCUT2D eigenvalue weighted by molar-refractivity contribution is 5.93. The van der Waals surface area contributed by atoms with Crippen molar-refractivity contribution in [2.24, 2.45) is 0 Å². The first-order chi connectivity index (χ1) is 15.9. The molecule has 3 unspecified atom stereocenters. The van der Waals surface area contributed by atoms with Crippen molar-refractivity contribution in [3.8, 4) is 0 Å². The number of carbonyl (C=O) groups excluding carboxylic acids is 3. The Morgan fingerprint density at radius 2 is 1.82 bits per heavy atom. The van der Waals surface area contributed by atoms with Gasteiger partial charge in [-0.2, -0.15) is 0 Å². The summed E-state index contributed by atoms with van der Waals surface area (Å²) >= 11 is 0. The fraction of sp³-hybridized carbons (Fsp3) is 0.417. The fourth-order valence-electron chi connectivity index (χ4n) is 3.84. The highest BCUT2D eigenvalue weighted by atomic mass is 19.1. The maximum Gasteiger partial charge on any atom is 0.247 e. The highest BCUT2D eigenvalue weighted by Crippen LogP contribution is 2.33. The van der Waals surface area contributed by atoms with Gasteiger partial charge in [0.15, 0.2) is 0 Å². The van der Waals surface area contributed by atoms with Gasteiger partial charge < -0.3 is 16.0 Å². The minimum Gasteiger partial charge on any atom is -0.345 e. The molecule has 0 saturated carbocycles. The van der Waals surface area contributed by atoms with E-state index in [1.54, 1.807) is 24.5 Å². The molecule has 0 spiro atoms. The number of fused-ring (bicyclic) bond motifs is 1. The zero-order valence-electron chi connectivity index (χ0n) is 18.4. The predicted molar refractivity (Wildman–Crippen MR) is 118 cm³/mol. The monoisotopic (exact) mass is 458 g/mol. The number of benzene rings is 1. The van der Waals surface area contributed by atoms with Crippen molar-refractivity contribution >= 4 is 17.7 Å². The zero-order chi connectivity index (χ0) is 23.8. The second-order valence-corrected chi connectivity index (χ2v) is 8.05. The molecule has 0 radical (unpaired) electrons. The number of hydrogen-bond donors (Lipinski definition) is 3. The molecule has 1 aliphatic rings. The lowest BCUT2D eigenvalue weighted by Crippen LogP contribution is -2.51. The normalized spacial score (nSPS) is 19.1. The third-order valence-corrected chi connectivity index (χ3v) is 5.61. The molecule has 9 heteroatoms. The zero-order valence-corrected chi connectivity index (χ0v) is 18.4. The Balaban J connectivity index is 1.61. The van der Waals surface area contributed by atoms with E-state index in [-0.39, 0.29) is 37.6 Å². The molecule has 7 nitrogen and oxygen atoms in total. The van der Waals surface area contributed by atoms with Gasteiger partial charge in [-0.1, -0.05) is 24.3 Å². The van der Waals surface area contributed by atoms with Gasteiger partial charge in [-0.3, -0.25) is 23.8 Å². The Bertz CT molecular complexity index is 973. The molecule has 2 aromatic rings. The number of nitrogens with zero attached hydrogens (tertiary/aromatic N) is 1. The standard InChI is InChI=1S/C24H28F2N4O3/c1-15(28-20(31)8-4-5-17(26)9-12-25)23(32)30-22-19-7-3-2-6-18(19)21(29-24(22)33)16-10-13-27-14-11-16/h2-3,6-7,10-11,13-15,17,21-22H,4-5,8-9,12H2,1H3,(H,28,31)(H,29,33)(H,30,32)/t15-,17?,21?,22?/m0/s1. The Morgan fingerprint density at radius 1 is 1.12 bits per heavy atom. The lowest BCUT2D eigenvalue weighted by Gasteiger charge is -2.33. The van der Waals surface area contributed by atoms with Crippen LogP contribution in [0.1, 0.15) is 61.4 Å². The van der Waals surface area contributed by atoms with E-state index in [9.17, 15) is 23.2 Å². The van der Waals surface area contributed by atoms with Crippen LogP contribution in [0.5, 0.6) is 0 Å². The van der Waals surface area contributed by atoms with Crippen molar-refractivity contribution in [3.05, 3.63) is 65.5 Å². The number of amides is 3. The van der Waals surface area contributed by atoms with E-state index in [0.29, 0.717) is 5.56 Å². The SMILES string of the molecule is C[C@H](NC(=O)CCCC(F)CCF)C(=O)NC1C(=O)NC(c2ccncc2)c2ccccc21. The van der Waals surface area contributed by atoms with Crippen molar-refractivity contribution in [1.29, 1.82) is 0 Å². The maximum absolute atomic E-state index is 13.3. The molecule has 3 amide bonds. The molecule has 0 fully saturated rings. The van der Waals surface area contributed by atoms with Crippen LogP contribution in [0.3, 0.4) is 0 Å². The molecule has 2 heterocycles. The predicted octanol–water partition coefficient (Wildman–Crippen LogP) is 2.83. The van der Waals surface area contributed by atoms with Gasteiger partial charge in [0.1, 0.15) is 18.3 Å². The summed E-state index contributed by atoms with van der Waals surface area (Å²) in [6, 6.07) is 8.84. The van der Waals surface area contributed by atoms with Crippen molar-refractivity contribution in [2.45, 2.75) is 56.9 Å². The van der Waals surface area contributed by atoms with Gasteiger partial charge in [0.25, 0.3) is 0 Å². The number of alkyl halides is 2. The number of carbonyl (C=O) groups is 3. The van der Waals surface area contributed by atoms with E-state index >= 15 is 0 Å². The van der Waals surface area contributed by atoms with Gasteiger partial charge in [0.2, 0.25) is 17.7 Å². The number of rotatable bonds is 10. The lowest BCUT2D eigenvalue weighted by molar-refractivity contribution is -0.132. The summed E-state index contributed by atoms with van der Waals surface area (Å²) in [7, 11) is 0. The van der Waals surface area contributed by atoms with Crippen molar-refractivity contribution in [2.75, 3.05) is 6.67 Å². The van der Waals surface area contributed by atoms with Crippen LogP contribution < -0.4 is 16.0 Å². The van der Waals surface area contributed by atoms with Crippen LogP contribution in [0.2, 0.25) is 0 Å². The Morgan fingerprint density at radius 3 is 2.52 bits per heavy atom. The summed E-state index contributed by atoms with van der Waals surface area (Å²) < 4.78 is 25.4. The second-order valence-electron chi connectivity index (χ2n) is 8.05. The van der Waals surface area contributed by atoms with Crippen LogP contribution in [-0.2, 0) is 14.4 Å². The number of pyridine rings is 1. The van der Waals surface area contributed by atoms with Gasteiger partial charge in [-0.15, -0.1) is 0 Å². The molecule has 3 rings (SSSR count). The van der Waals surface area contributed by atoms with Gasteiger partial charge in [-0.05, 0) is 48.6 Å². The first-order valence-electron chi connectivity index (χ1n) is 11.0. The number of aromatic nitrogens is 1. The number of hydrogen-bond acceptors (Lipinski definition) is 4. The quantitative estimate of drug-likeness (QED) is 0.510. The van der Waals surface area contributed by atoms with Crippen LogP contribution in [0.4, 0.5) is 8.78 Å². The Hall–Kier alpha value is -3.36. The van der Waals surface area contributed by atoms with Gasteiger partial charge >= 0.3 is 0 Å². The van der Waals surface area contributed by atoms with Crippen molar-refractivity contribution in [1.82, 2.24) is 20.9 Å². The van der Waals surface area contributed by atoms with Crippen LogP contribution in [0, 0.1) is 0 Å². The molecule has 4 atom stereocenters. The van der Waals surface area contributed by atoms with Crippen LogP contribution >= 0.6 is 0 Å². The molecule has 0 aliphatic carbocycles. The Kier molecular flexibility index (Phi) is 8.46. The third kappa shape index (κ3) is 6.34. The number of nitrogens with one attached hydrogen (secondary N) is 3. The minimum absolute atomic E-state index is 0.0324. The second kappa shape index (κ2) is 11.5. The first-order valence-corrected chi connectivity index (χ1v) is 11.0. The summed E-state index contributed by atoms with van der Waals surface area (Å²) in [5.74, 6) is -1.28. The summed E-state index contributed by atoms with van der Waals surface area (Å²) in [6.45, 7) is 0.784. The molecule has 3 N–H and O–H groups in total. The summed E-state index contributed by atoms with van der Waals surface area (Å²) in [5, 5.41) is 8.22. The summed E-state index contributed by atoms with van der Waals surface area (Å²) in [4.78, 5) is 41.7. The fourth-order valence-corrected chi connectivity index (χ4v) is 3.84. The molecule has 1 aromatic carbocycles. The van der Waals surface area contributed by atoms with Crippen LogP contribution in [-0.4, -0.2) is 41.6 Å². The highest BCUT2D eigenvalue weighted by Gasteiger charge is 2.35. The molecule has 0 saturated heterocycles. The molecule has 1 aromatic heterocycles. The van der Waals surface area contributed by atoms with Crippen LogP contribution in [0.15, 0.2) is 48.8 Å². The van der Waals surface area contributed by atoms with E-state index < -0.39 is 36.7 Å². The average Bonchev–Trinajstić information content (AvgIpc) is 2.81. The summed E-state index contributed by atoms with van der Waals surface area (Å²) in [6.07, 6.45) is 2.24. The van der Waals surface area contributed by atoms with Crippen molar-refractivity contribution in [3.63, 3.8) is 0 Å². The van der Waals surface area contributed by atoms with Gasteiger partial charge in [0, 0.05) is 25.2 Å². The smallest absolute Gasteiger partial charge is 0.247 e. The lowest BCUT2D eigenvalue weighted by atomic mass is 9.87. The molecular weight excluding hydrogens is 430 g/mol. The first kappa shape index (κ1) is 24.3. The van der Waals surface area contributed by atoms with E-state index in [4.69, 9.17) is 0 Å². The van der Waals surface area contributed by atoms with E-state index in [1.807, 2.05) is 24.3 Å². The minimum atomic E-state index is -1.27.